The number of nitrogens with two attached hydrogens (primary N) is 2. The van der Waals surface area contributed by atoms with Crippen molar-refractivity contribution >= 4 is 16.6 Å². The van der Waals surface area contributed by atoms with E-state index in [9.17, 15) is 0 Å². The van der Waals surface area contributed by atoms with Gasteiger partial charge < -0.3 is 16.2 Å². The highest BCUT2D eigenvalue weighted by Crippen LogP contribution is 2.25. The Morgan fingerprint density at radius 3 is 2.11 bits per heavy atom. The number of aryl methyl sites for hydroxylation is 2. The van der Waals surface area contributed by atoms with E-state index in [4.69, 9.17) is 16.2 Å². The van der Waals surface area contributed by atoms with Crippen molar-refractivity contribution in [2.24, 2.45) is 11.5 Å². The summed E-state index contributed by atoms with van der Waals surface area (Å²) < 4.78 is 7.43. The predicted octanol–water partition coefficient (Wildman–Crippen LogP) is 6.90. The van der Waals surface area contributed by atoms with E-state index in [1.165, 1.54) is 22.9 Å². The van der Waals surface area contributed by atoms with E-state index < -0.39 is 0 Å². The van der Waals surface area contributed by atoms with E-state index in [1.54, 1.807) is 12.2 Å². The van der Waals surface area contributed by atoms with Crippen LogP contribution in [0.15, 0.2) is 97.0 Å². The van der Waals surface area contributed by atoms with Gasteiger partial charge in [0.05, 0.1) is 17.4 Å². The molecule has 0 aliphatic heterocycles. The summed E-state index contributed by atoms with van der Waals surface area (Å²) in [7, 11) is 0. The Hall–Kier alpha value is -3.99. The molecule has 3 aromatic carbocycles. The molecular formula is C32H38N4O. The second-order valence-corrected chi connectivity index (χ2v) is 9.49. The summed E-state index contributed by atoms with van der Waals surface area (Å²) in [5, 5.41) is 5.63. The van der Waals surface area contributed by atoms with Crippen LogP contribution < -0.4 is 11.5 Å². The van der Waals surface area contributed by atoms with Gasteiger partial charge in [-0.25, -0.2) is 4.68 Å². The van der Waals surface area contributed by atoms with Crippen molar-refractivity contribution in [3.05, 3.63) is 114 Å². The minimum atomic E-state index is 0.319. The van der Waals surface area contributed by atoms with Crippen LogP contribution in [0.3, 0.4) is 0 Å². The van der Waals surface area contributed by atoms with Crippen molar-refractivity contribution in [3.8, 4) is 5.69 Å². The first-order chi connectivity index (χ1) is 18.1. The Bertz CT molecular complexity index is 1330. The third kappa shape index (κ3) is 7.50. The summed E-state index contributed by atoms with van der Waals surface area (Å²) >= 11 is 0. The number of hydrogen-bond acceptors (Lipinski definition) is 4. The molecule has 4 aromatic rings. The maximum Gasteiger partial charge on any atom is 0.184 e. The summed E-state index contributed by atoms with van der Waals surface area (Å²) in [6.07, 6.45) is 12.5. The van der Waals surface area contributed by atoms with Crippen molar-refractivity contribution in [3.63, 3.8) is 0 Å². The van der Waals surface area contributed by atoms with Gasteiger partial charge in [-0.15, -0.1) is 0 Å². The highest BCUT2D eigenvalue weighted by atomic mass is 16.5. The first kappa shape index (κ1) is 26.1. The fraction of sp³-hybridized carbons (Fsp3) is 0.281. The maximum atomic E-state index is 6.02. The number of hydrogen-bond donors (Lipinski definition) is 2. The molecular weight excluding hydrogens is 456 g/mol. The number of ether oxygens (including phenoxy) is 1. The molecule has 5 heteroatoms. The van der Waals surface area contributed by atoms with Gasteiger partial charge in [-0.1, -0.05) is 81.3 Å². The molecule has 37 heavy (non-hydrogen) atoms. The van der Waals surface area contributed by atoms with E-state index in [0.717, 1.165) is 48.9 Å². The zero-order valence-electron chi connectivity index (χ0n) is 21.9. The smallest absolute Gasteiger partial charge is 0.184 e. The zero-order chi connectivity index (χ0) is 26.0. The summed E-state index contributed by atoms with van der Waals surface area (Å²) in [6, 6.07) is 25.3. The second kappa shape index (κ2) is 12.8. The topological polar surface area (TPSA) is 79.1 Å². The van der Waals surface area contributed by atoms with Gasteiger partial charge in [0.1, 0.15) is 6.10 Å². The quantitative estimate of drug-likeness (QED) is 0.196. The Balaban J connectivity index is 0.000000173. The average Bonchev–Trinajstić information content (AvgIpc) is 3.63. The van der Waals surface area contributed by atoms with Crippen LogP contribution in [0.2, 0.25) is 0 Å². The number of aromatic nitrogens is 2. The van der Waals surface area contributed by atoms with E-state index >= 15 is 0 Å². The third-order valence-electron chi connectivity index (χ3n) is 6.28. The SMILES string of the molecule is CCCc1ccc(-n2ncc3ccccc32)cc1.CCCc1ccc(/C(N)=C/C=C(\N)OC2CC2)cc1. The number of fused-ring (bicyclic) bond motifs is 1. The molecule has 0 unspecified atom stereocenters. The van der Waals surface area contributed by atoms with Crippen LogP contribution in [0.5, 0.6) is 0 Å². The van der Waals surface area contributed by atoms with Crippen LogP contribution in [-0.4, -0.2) is 15.9 Å². The molecule has 0 radical (unpaired) electrons. The number of rotatable bonds is 9. The minimum Gasteiger partial charge on any atom is -0.476 e. The van der Waals surface area contributed by atoms with Gasteiger partial charge in [0, 0.05) is 11.1 Å². The van der Waals surface area contributed by atoms with Crippen LogP contribution in [0.1, 0.15) is 56.2 Å². The maximum absolute atomic E-state index is 6.02. The molecule has 192 valence electrons. The fourth-order valence-electron chi connectivity index (χ4n) is 4.11. The first-order valence-electron chi connectivity index (χ1n) is 13.3. The van der Waals surface area contributed by atoms with Crippen LogP contribution in [0.4, 0.5) is 0 Å². The Labute approximate surface area is 220 Å². The monoisotopic (exact) mass is 494 g/mol. The molecule has 1 saturated carbocycles. The number of nitrogens with zero attached hydrogens (tertiary/aromatic N) is 2. The Morgan fingerprint density at radius 2 is 1.49 bits per heavy atom. The molecule has 0 amide bonds. The Kier molecular flexibility index (Phi) is 9.03. The number of allylic oxidation sites excluding steroid dienone is 2. The molecule has 4 N–H and O–H groups in total. The predicted molar refractivity (Wildman–Crippen MR) is 154 cm³/mol. The third-order valence-corrected chi connectivity index (χ3v) is 6.28. The van der Waals surface area contributed by atoms with Gasteiger partial charge in [0.25, 0.3) is 0 Å². The van der Waals surface area contributed by atoms with E-state index in [0.29, 0.717) is 17.7 Å². The largest absolute Gasteiger partial charge is 0.476 e. The second-order valence-electron chi connectivity index (χ2n) is 9.49. The summed E-state index contributed by atoms with van der Waals surface area (Å²) in [5.41, 5.74) is 18.5. The first-order valence-corrected chi connectivity index (χ1v) is 13.3. The van der Waals surface area contributed by atoms with E-state index in [1.807, 2.05) is 35.1 Å². The molecule has 0 atom stereocenters. The summed E-state index contributed by atoms with van der Waals surface area (Å²) in [4.78, 5) is 0. The van der Waals surface area contributed by atoms with E-state index in [2.05, 4.69) is 67.5 Å². The molecule has 1 aliphatic rings. The molecule has 5 rings (SSSR count). The highest BCUT2D eigenvalue weighted by molar-refractivity contribution is 5.80. The standard InChI is InChI=1S/C16H22N2O.C16H16N2/c1-2-3-12-4-6-13(7-5-12)15(17)10-11-16(18)19-14-8-9-14;1-2-5-13-8-10-15(11-9-13)18-16-7-4-3-6-14(16)12-17-18/h4-7,10-11,14H,2-3,8-9,17-18H2,1H3;3-4,6-12H,2,5H2,1H3/b15-10-,16-11+;. The van der Waals surface area contributed by atoms with Gasteiger partial charge >= 0.3 is 0 Å². The lowest BCUT2D eigenvalue weighted by molar-refractivity contribution is 0.194. The van der Waals surface area contributed by atoms with Crippen molar-refractivity contribution in [1.29, 1.82) is 0 Å². The molecule has 1 aliphatic carbocycles. The van der Waals surface area contributed by atoms with Crippen molar-refractivity contribution in [2.75, 3.05) is 0 Å². The van der Waals surface area contributed by atoms with Crippen LogP contribution in [0, 0.1) is 0 Å². The molecule has 0 bridgehead atoms. The van der Waals surface area contributed by atoms with Gasteiger partial charge in [-0.2, -0.15) is 5.10 Å². The van der Waals surface area contributed by atoms with E-state index in [-0.39, 0.29) is 0 Å². The average molecular weight is 495 g/mol. The van der Waals surface area contributed by atoms with Crippen LogP contribution in [0.25, 0.3) is 22.3 Å². The lowest BCUT2D eigenvalue weighted by atomic mass is 10.1. The molecule has 5 nitrogen and oxygen atoms in total. The zero-order valence-corrected chi connectivity index (χ0v) is 21.9. The van der Waals surface area contributed by atoms with Crippen molar-refractivity contribution in [1.82, 2.24) is 9.78 Å². The molecule has 1 fully saturated rings. The number of benzene rings is 3. The van der Waals surface area contributed by atoms with Crippen LogP contribution >= 0.6 is 0 Å². The van der Waals surface area contributed by atoms with Gasteiger partial charge in [-0.05, 0) is 72.7 Å². The lowest BCUT2D eigenvalue weighted by Crippen LogP contribution is -2.04. The van der Waals surface area contributed by atoms with Crippen molar-refractivity contribution in [2.45, 2.75) is 58.5 Å². The van der Waals surface area contributed by atoms with Gasteiger partial charge in [0.2, 0.25) is 0 Å². The van der Waals surface area contributed by atoms with Crippen molar-refractivity contribution < 1.29 is 4.74 Å². The normalized spacial score (nSPS) is 13.8. The molecule has 1 aromatic heterocycles. The fourth-order valence-corrected chi connectivity index (χ4v) is 4.11. The van der Waals surface area contributed by atoms with Crippen LogP contribution in [-0.2, 0) is 17.6 Å². The summed E-state index contributed by atoms with van der Waals surface area (Å²) in [6.45, 7) is 4.38. The lowest BCUT2D eigenvalue weighted by Gasteiger charge is -2.05. The number of para-hydroxylation sites is 1. The minimum absolute atomic E-state index is 0.319. The molecule has 0 spiro atoms. The van der Waals surface area contributed by atoms with Gasteiger partial charge in [0.15, 0.2) is 5.88 Å². The van der Waals surface area contributed by atoms with Gasteiger partial charge in [-0.3, -0.25) is 0 Å². The Morgan fingerprint density at radius 1 is 0.865 bits per heavy atom. The molecule has 0 saturated heterocycles. The summed E-state index contributed by atoms with van der Waals surface area (Å²) in [5.74, 6) is 0.438. The molecule has 1 heterocycles. The highest BCUT2D eigenvalue weighted by Gasteiger charge is 2.23.